The molecule has 13 heavy (non-hydrogen) atoms. The Morgan fingerprint density at radius 1 is 1.31 bits per heavy atom. The van der Waals surface area contributed by atoms with Gasteiger partial charge in [-0.05, 0) is 12.8 Å². The first kappa shape index (κ1) is 8.97. The van der Waals surface area contributed by atoms with Gasteiger partial charge in [-0.1, -0.05) is 13.5 Å². The number of rotatable bonds is 0. The average molecular weight is 187 g/mol. The van der Waals surface area contributed by atoms with E-state index in [1.54, 1.807) is 0 Å². The summed E-state index contributed by atoms with van der Waals surface area (Å²) in [5.74, 6) is -2.06. The Balaban J connectivity index is 2.02. The van der Waals surface area contributed by atoms with Crippen LogP contribution in [0.15, 0.2) is 12.3 Å². The third kappa shape index (κ3) is 1.25. The van der Waals surface area contributed by atoms with Gasteiger partial charge < -0.3 is 5.32 Å². The average Bonchev–Trinajstić information content (AvgIpc) is 2.08. The van der Waals surface area contributed by atoms with Crippen molar-refractivity contribution >= 4 is 0 Å². The van der Waals surface area contributed by atoms with E-state index in [2.05, 4.69) is 18.8 Å². The Morgan fingerprint density at radius 3 is 2.23 bits per heavy atom. The molecule has 3 heteroatoms. The molecule has 0 radical (unpaired) electrons. The molecule has 1 aliphatic carbocycles. The minimum atomic E-state index is -2.43. The summed E-state index contributed by atoms with van der Waals surface area (Å²) in [6.07, 6.45) is 1.22. The van der Waals surface area contributed by atoms with Crippen molar-refractivity contribution in [2.75, 3.05) is 0 Å². The highest BCUT2D eigenvalue weighted by atomic mass is 19.3. The van der Waals surface area contributed by atoms with Crippen molar-refractivity contribution in [2.24, 2.45) is 5.92 Å². The van der Waals surface area contributed by atoms with E-state index in [4.69, 9.17) is 0 Å². The molecule has 0 aromatic rings. The lowest BCUT2D eigenvalue weighted by Gasteiger charge is -2.55. The highest BCUT2D eigenvalue weighted by molar-refractivity contribution is 5.23. The summed E-state index contributed by atoms with van der Waals surface area (Å²) in [7, 11) is 0. The third-order valence-corrected chi connectivity index (χ3v) is 3.63. The van der Waals surface area contributed by atoms with Crippen LogP contribution >= 0.6 is 0 Å². The van der Waals surface area contributed by atoms with Crippen LogP contribution in [0.5, 0.6) is 0 Å². The van der Waals surface area contributed by atoms with E-state index in [9.17, 15) is 8.78 Å². The van der Waals surface area contributed by atoms with Crippen LogP contribution in [0.2, 0.25) is 0 Å². The van der Waals surface area contributed by atoms with Gasteiger partial charge in [0.05, 0.1) is 0 Å². The van der Waals surface area contributed by atoms with Crippen molar-refractivity contribution in [2.45, 2.75) is 44.1 Å². The van der Waals surface area contributed by atoms with Gasteiger partial charge in [-0.2, -0.15) is 0 Å². The molecule has 1 saturated carbocycles. The second kappa shape index (κ2) is 2.46. The molecule has 2 aliphatic rings. The van der Waals surface area contributed by atoms with Crippen LogP contribution in [0, 0.1) is 5.92 Å². The van der Waals surface area contributed by atoms with Crippen LogP contribution in [0.25, 0.3) is 0 Å². The zero-order valence-electron chi connectivity index (χ0n) is 7.87. The van der Waals surface area contributed by atoms with Gasteiger partial charge in [0.1, 0.15) is 0 Å². The maximum absolute atomic E-state index is 12.9. The van der Waals surface area contributed by atoms with E-state index in [-0.39, 0.29) is 18.4 Å². The quantitative estimate of drug-likeness (QED) is 0.614. The van der Waals surface area contributed by atoms with Crippen LogP contribution in [0.4, 0.5) is 8.78 Å². The maximum Gasteiger partial charge on any atom is 0.248 e. The summed E-state index contributed by atoms with van der Waals surface area (Å²) in [6.45, 7) is 5.90. The molecule has 1 aliphatic heterocycles. The molecule has 1 nitrogen and oxygen atoms in total. The number of nitrogens with one attached hydrogen (secondary N) is 1. The molecule has 2 fully saturated rings. The molecule has 74 valence electrons. The summed E-state index contributed by atoms with van der Waals surface area (Å²) in [5.41, 5.74) is 0.962. The van der Waals surface area contributed by atoms with Gasteiger partial charge >= 0.3 is 0 Å². The molecule has 1 saturated heterocycles. The highest BCUT2D eigenvalue weighted by Gasteiger charge is 2.52. The second-order valence-corrected chi connectivity index (χ2v) is 4.38. The van der Waals surface area contributed by atoms with E-state index in [0.717, 1.165) is 5.70 Å². The lowest BCUT2D eigenvalue weighted by Crippen LogP contribution is -2.64. The predicted molar refractivity (Wildman–Crippen MR) is 47.6 cm³/mol. The maximum atomic E-state index is 12.9. The summed E-state index contributed by atoms with van der Waals surface area (Å²) < 4.78 is 25.8. The lowest BCUT2D eigenvalue weighted by atomic mass is 9.66. The molecule has 0 aromatic carbocycles. The first-order chi connectivity index (χ1) is 5.95. The number of hydrogen-bond acceptors (Lipinski definition) is 1. The Bertz CT molecular complexity index is 237. The molecule has 1 atom stereocenters. The Morgan fingerprint density at radius 2 is 1.85 bits per heavy atom. The predicted octanol–water partition coefficient (Wildman–Crippen LogP) is 2.69. The monoisotopic (exact) mass is 187 g/mol. The van der Waals surface area contributed by atoms with Crippen molar-refractivity contribution in [1.29, 1.82) is 0 Å². The van der Waals surface area contributed by atoms with Crippen LogP contribution in [-0.2, 0) is 0 Å². The summed E-state index contributed by atoms with van der Waals surface area (Å²) in [4.78, 5) is 0. The molecular formula is C10H15F2N. The van der Waals surface area contributed by atoms with Crippen molar-refractivity contribution in [1.82, 2.24) is 5.32 Å². The smallest absolute Gasteiger partial charge is 0.248 e. The van der Waals surface area contributed by atoms with Crippen LogP contribution in [0.1, 0.15) is 32.6 Å². The summed E-state index contributed by atoms with van der Waals surface area (Å²) >= 11 is 0. The molecular weight excluding hydrogens is 172 g/mol. The first-order valence-electron chi connectivity index (χ1n) is 4.80. The lowest BCUT2D eigenvalue weighted by molar-refractivity contribution is -0.0717. The minimum absolute atomic E-state index is 0.0254. The number of halogens is 2. The van der Waals surface area contributed by atoms with Crippen LogP contribution in [0.3, 0.4) is 0 Å². The first-order valence-corrected chi connectivity index (χ1v) is 4.80. The molecule has 0 bridgehead atoms. The molecule has 0 aromatic heterocycles. The van der Waals surface area contributed by atoms with E-state index in [1.165, 1.54) is 0 Å². The van der Waals surface area contributed by atoms with Gasteiger partial charge in [-0.15, -0.1) is 0 Å². The molecule has 2 rings (SSSR count). The number of hydrogen-bond donors (Lipinski definition) is 1. The van der Waals surface area contributed by atoms with Gasteiger partial charge in [0.2, 0.25) is 5.92 Å². The van der Waals surface area contributed by atoms with Crippen molar-refractivity contribution in [3.05, 3.63) is 12.3 Å². The standard InChI is InChI=1S/C10H15F2N/c1-7-8(2)13-9(7)3-5-10(11,12)6-4-9/h7,13H,2-6H2,1H3. The third-order valence-electron chi connectivity index (χ3n) is 3.63. The molecule has 1 heterocycles. The van der Waals surface area contributed by atoms with Crippen molar-refractivity contribution in [3.63, 3.8) is 0 Å². The van der Waals surface area contributed by atoms with Gasteiger partial charge in [0.25, 0.3) is 0 Å². The second-order valence-electron chi connectivity index (χ2n) is 4.38. The zero-order valence-corrected chi connectivity index (χ0v) is 7.87. The van der Waals surface area contributed by atoms with Crippen LogP contribution < -0.4 is 5.32 Å². The van der Waals surface area contributed by atoms with E-state index in [0.29, 0.717) is 18.8 Å². The van der Waals surface area contributed by atoms with Crippen LogP contribution in [-0.4, -0.2) is 11.5 Å². The Hall–Kier alpha value is -0.600. The SMILES string of the molecule is C=C1NC2(CCC(F)(F)CC2)C1C. The van der Waals surface area contributed by atoms with E-state index >= 15 is 0 Å². The van der Waals surface area contributed by atoms with Gasteiger partial charge in [0, 0.05) is 30.0 Å². The number of alkyl halides is 2. The zero-order chi connectivity index (χ0) is 9.69. The van der Waals surface area contributed by atoms with Gasteiger partial charge in [0.15, 0.2) is 0 Å². The largest absolute Gasteiger partial charge is 0.382 e. The summed E-state index contributed by atoms with van der Waals surface area (Å²) in [6, 6.07) is 0. The van der Waals surface area contributed by atoms with Gasteiger partial charge in [-0.25, -0.2) is 8.78 Å². The fraction of sp³-hybridized carbons (Fsp3) is 0.800. The van der Waals surface area contributed by atoms with Crippen molar-refractivity contribution < 1.29 is 8.78 Å². The molecule has 1 N–H and O–H groups in total. The summed E-state index contributed by atoms with van der Waals surface area (Å²) in [5, 5.41) is 3.22. The van der Waals surface area contributed by atoms with Crippen molar-refractivity contribution in [3.8, 4) is 0 Å². The Labute approximate surface area is 77.2 Å². The molecule has 1 unspecified atom stereocenters. The highest BCUT2D eigenvalue weighted by Crippen LogP contribution is 2.48. The van der Waals surface area contributed by atoms with E-state index in [1.807, 2.05) is 0 Å². The Kier molecular flexibility index (Phi) is 1.70. The molecule has 0 amide bonds. The van der Waals surface area contributed by atoms with E-state index < -0.39 is 5.92 Å². The normalized spacial score (nSPS) is 35.3. The topological polar surface area (TPSA) is 12.0 Å². The molecule has 1 spiro atoms. The van der Waals surface area contributed by atoms with Gasteiger partial charge in [-0.3, -0.25) is 0 Å². The fourth-order valence-electron chi connectivity index (χ4n) is 2.41. The minimum Gasteiger partial charge on any atom is -0.382 e. The fourth-order valence-corrected chi connectivity index (χ4v) is 2.41.